The third kappa shape index (κ3) is 4.08. The second-order valence-corrected chi connectivity index (χ2v) is 6.85. The minimum atomic E-state index is -0.456. The summed E-state index contributed by atoms with van der Waals surface area (Å²) >= 11 is 0. The highest BCUT2D eigenvalue weighted by Crippen LogP contribution is 2.30. The summed E-state index contributed by atoms with van der Waals surface area (Å²) in [6, 6.07) is 7.95. The van der Waals surface area contributed by atoms with Gasteiger partial charge in [0.15, 0.2) is 12.4 Å². The molecule has 1 amide bonds. The van der Waals surface area contributed by atoms with Gasteiger partial charge in [0, 0.05) is 25.9 Å². The van der Waals surface area contributed by atoms with Crippen molar-refractivity contribution >= 4 is 5.91 Å². The van der Waals surface area contributed by atoms with E-state index in [-0.39, 0.29) is 12.5 Å². The first-order valence-electron chi connectivity index (χ1n) is 8.86. The van der Waals surface area contributed by atoms with E-state index in [2.05, 4.69) is 13.8 Å². The van der Waals surface area contributed by atoms with Crippen LogP contribution in [-0.2, 0) is 14.3 Å². The number of amides is 1. The maximum absolute atomic E-state index is 12.3. The summed E-state index contributed by atoms with van der Waals surface area (Å²) in [4.78, 5) is 14.2. The van der Waals surface area contributed by atoms with Crippen molar-refractivity contribution in [3.63, 3.8) is 0 Å². The molecule has 5 heteroatoms. The van der Waals surface area contributed by atoms with Crippen molar-refractivity contribution in [2.75, 3.05) is 32.9 Å². The highest BCUT2D eigenvalue weighted by atomic mass is 16.7. The Morgan fingerprint density at radius 1 is 1.17 bits per heavy atom. The molecule has 1 aromatic carbocycles. The minimum Gasteiger partial charge on any atom is -0.484 e. The molecule has 0 saturated carbocycles. The molecule has 24 heavy (non-hydrogen) atoms. The lowest BCUT2D eigenvalue weighted by Crippen LogP contribution is -2.52. The number of rotatable bonds is 4. The first-order valence-corrected chi connectivity index (χ1v) is 8.86. The quantitative estimate of drug-likeness (QED) is 0.850. The minimum absolute atomic E-state index is 0.0218. The van der Waals surface area contributed by atoms with Gasteiger partial charge in [0.05, 0.1) is 13.2 Å². The summed E-state index contributed by atoms with van der Waals surface area (Å²) in [5, 5.41) is 0. The van der Waals surface area contributed by atoms with Gasteiger partial charge in [-0.1, -0.05) is 26.0 Å². The zero-order chi connectivity index (χ0) is 17.0. The topological polar surface area (TPSA) is 48.0 Å². The molecule has 0 aromatic heterocycles. The molecular formula is C19H27NO4. The van der Waals surface area contributed by atoms with Gasteiger partial charge in [-0.2, -0.15) is 0 Å². The summed E-state index contributed by atoms with van der Waals surface area (Å²) in [5.41, 5.74) is 1.27. The predicted octanol–water partition coefficient (Wildman–Crippen LogP) is 2.94. The Morgan fingerprint density at radius 3 is 2.38 bits per heavy atom. The zero-order valence-electron chi connectivity index (χ0n) is 14.6. The Balaban J connectivity index is 1.46. The van der Waals surface area contributed by atoms with Crippen LogP contribution in [-0.4, -0.2) is 49.5 Å². The highest BCUT2D eigenvalue weighted by molar-refractivity contribution is 5.77. The van der Waals surface area contributed by atoms with Gasteiger partial charge in [-0.15, -0.1) is 0 Å². The van der Waals surface area contributed by atoms with E-state index in [1.807, 2.05) is 29.2 Å². The van der Waals surface area contributed by atoms with Crippen LogP contribution in [0.15, 0.2) is 24.3 Å². The molecule has 0 atom stereocenters. The number of likely N-dealkylation sites (tertiary alicyclic amines) is 1. The van der Waals surface area contributed by atoms with E-state index in [0.717, 1.165) is 38.2 Å². The van der Waals surface area contributed by atoms with Crippen LogP contribution in [0.1, 0.15) is 44.6 Å². The monoisotopic (exact) mass is 333 g/mol. The maximum Gasteiger partial charge on any atom is 0.260 e. The average molecular weight is 333 g/mol. The fourth-order valence-corrected chi connectivity index (χ4v) is 3.19. The summed E-state index contributed by atoms with van der Waals surface area (Å²) in [7, 11) is 0. The third-order valence-corrected chi connectivity index (χ3v) is 4.81. The second kappa shape index (κ2) is 7.53. The van der Waals surface area contributed by atoms with Crippen molar-refractivity contribution in [3.05, 3.63) is 29.8 Å². The molecule has 0 bridgehead atoms. The Morgan fingerprint density at radius 2 is 1.79 bits per heavy atom. The summed E-state index contributed by atoms with van der Waals surface area (Å²) in [6.45, 7) is 7.22. The summed E-state index contributed by atoms with van der Waals surface area (Å²) in [5.74, 6) is 0.794. The molecule has 2 saturated heterocycles. The molecule has 0 unspecified atom stereocenters. The molecule has 2 fully saturated rings. The smallest absolute Gasteiger partial charge is 0.260 e. The molecule has 5 nitrogen and oxygen atoms in total. The lowest BCUT2D eigenvalue weighted by atomic mass is 10.0. The summed E-state index contributed by atoms with van der Waals surface area (Å²) < 4.78 is 17.2. The lowest BCUT2D eigenvalue weighted by molar-refractivity contribution is -0.282. The largest absolute Gasteiger partial charge is 0.484 e. The normalized spacial score (nSPS) is 20.4. The van der Waals surface area contributed by atoms with Gasteiger partial charge in [0.1, 0.15) is 5.75 Å². The van der Waals surface area contributed by atoms with Crippen LogP contribution in [0, 0.1) is 0 Å². The van der Waals surface area contributed by atoms with Crippen molar-refractivity contribution in [1.82, 2.24) is 4.90 Å². The fourth-order valence-electron chi connectivity index (χ4n) is 3.19. The number of carbonyl (C=O) groups excluding carboxylic acids is 1. The van der Waals surface area contributed by atoms with Gasteiger partial charge < -0.3 is 19.1 Å². The molecule has 1 spiro atoms. The molecule has 132 valence electrons. The van der Waals surface area contributed by atoms with Crippen molar-refractivity contribution < 1.29 is 19.0 Å². The van der Waals surface area contributed by atoms with Crippen molar-refractivity contribution in [2.45, 2.75) is 44.8 Å². The maximum atomic E-state index is 12.3. The number of nitrogens with zero attached hydrogens (tertiary/aromatic N) is 1. The molecular weight excluding hydrogens is 306 g/mol. The lowest BCUT2D eigenvalue weighted by Gasteiger charge is -2.43. The van der Waals surface area contributed by atoms with E-state index < -0.39 is 5.79 Å². The summed E-state index contributed by atoms with van der Waals surface area (Å²) in [6.07, 6.45) is 2.43. The number of benzene rings is 1. The van der Waals surface area contributed by atoms with E-state index in [9.17, 15) is 4.79 Å². The van der Waals surface area contributed by atoms with Crippen molar-refractivity contribution in [3.8, 4) is 5.75 Å². The van der Waals surface area contributed by atoms with Crippen LogP contribution in [0.25, 0.3) is 0 Å². The van der Waals surface area contributed by atoms with Gasteiger partial charge in [0.2, 0.25) is 0 Å². The Bertz CT molecular complexity index is 539. The number of hydrogen-bond donors (Lipinski definition) is 0. The Hall–Kier alpha value is -1.59. The third-order valence-electron chi connectivity index (χ3n) is 4.81. The first-order chi connectivity index (χ1) is 11.6. The number of ether oxygens (including phenoxy) is 3. The second-order valence-electron chi connectivity index (χ2n) is 6.85. The Kier molecular flexibility index (Phi) is 5.41. The van der Waals surface area contributed by atoms with E-state index in [1.165, 1.54) is 5.56 Å². The zero-order valence-corrected chi connectivity index (χ0v) is 14.6. The standard InChI is InChI=1S/C19H27NO4/c1-15(2)16-4-6-17(7-5-16)22-14-18(21)20-10-8-19(9-11-20)23-12-3-13-24-19/h4-7,15H,3,8-14H2,1-2H3. The molecule has 0 aliphatic carbocycles. The van der Waals surface area contributed by atoms with Crippen molar-refractivity contribution in [2.24, 2.45) is 0 Å². The van der Waals surface area contributed by atoms with E-state index in [4.69, 9.17) is 14.2 Å². The molecule has 0 radical (unpaired) electrons. The fraction of sp³-hybridized carbons (Fsp3) is 0.632. The van der Waals surface area contributed by atoms with Gasteiger partial charge >= 0.3 is 0 Å². The molecule has 0 N–H and O–H groups in total. The van der Waals surface area contributed by atoms with Gasteiger partial charge in [-0.05, 0) is 30.0 Å². The number of hydrogen-bond acceptors (Lipinski definition) is 4. The van der Waals surface area contributed by atoms with E-state index in [1.54, 1.807) is 0 Å². The van der Waals surface area contributed by atoms with Crippen LogP contribution in [0.2, 0.25) is 0 Å². The van der Waals surface area contributed by atoms with Crippen LogP contribution >= 0.6 is 0 Å². The number of carbonyl (C=O) groups is 1. The molecule has 1 aromatic rings. The van der Waals surface area contributed by atoms with Crippen LogP contribution in [0.4, 0.5) is 0 Å². The van der Waals surface area contributed by atoms with Gasteiger partial charge in [-0.3, -0.25) is 4.79 Å². The Labute approximate surface area is 143 Å². The molecule has 2 aliphatic rings. The van der Waals surface area contributed by atoms with Crippen LogP contribution in [0.3, 0.4) is 0 Å². The van der Waals surface area contributed by atoms with Gasteiger partial charge in [0.25, 0.3) is 5.91 Å². The molecule has 2 heterocycles. The number of piperidine rings is 1. The van der Waals surface area contributed by atoms with Gasteiger partial charge in [-0.25, -0.2) is 0 Å². The highest BCUT2D eigenvalue weighted by Gasteiger charge is 2.39. The van der Waals surface area contributed by atoms with Crippen LogP contribution in [0.5, 0.6) is 5.75 Å². The first kappa shape index (κ1) is 17.2. The molecule has 3 rings (SSSR count). The predicted molar refractivity (Wildman–Crippen MR) is 91.1 cm³/mol. The van der Waals surface area contributed by atoms with Crippen molar-refractivity contribution in [1.29, 1.82) is 0 Å². The van der Waals surface area contributed by atoms with E-state index in [0.29, 0.717) is 19.0 Å². The average Bonchev–Trinajstić information content (AvgIpc) is 2.61. The van der Waals surface area contributed by atoms with E-state index >= 15 is 0 Å². The van der Waals surface area contributed by atoms with Crippen LogP contribution < -0.4 is 4.74 Å². The SMILES string of the molecule is CC(C)c1ccc(OCC(=O)N2CCC3(CC2)OCCCO3)cc1. The molecule has 2 aliphatic heterocycles.